The van der Waals surface area contributed by atoms with Crippen LogP contribution in [0.1, 0.15) is 111 Å². The van der Waals surface area contributed by atoms with Crippen LogP contribution in [0.4, 0.5) is 0 Å². The summed E-state index contributed by atoms with van der Waals surface area (Å²) in [5, 5.41) is 33.7. The molecular formula is C35H56O6. The van der Waals surface area contributed by atoms with Crippen molar-refractivity contribution in [2.75, 3.05) is 6.61 Å². The van der Waals surface area contributed by atoms with Crippen LogP contribution in [0.2, 0.25) is 0 Å². The molecule has 11 unspecified atom stereocenters. The van der Waals surface area contributed by atoms with Gasteiger partial charge in [-0.05, 0) is 153 Å². The van der Waals surface area contributed by atoms with E-state index in [0.29, 0.717) is 47.8 Å². The van der Waals surface area contributed by atoms with Crippen LogP contribution in [0.15, 0.2) is 0 Å². The van der Waals surface area contributed by atoms with E-state index < -0.39 is 0 Å². The Kier molecular flexibility index (Phi) is 7.71. The number of carbonyl (C=O) groups excluding carboxylic acids is 1. The van der Waals surface area contributed by atoms with Crippen LogP contribution in [0.3, 0.4) is 0 Å². The monoisotopic (exact) mass is 572 g/mol. The van der Waals surface area contributed by atoms with Crippen molar-refractivity contribution in [1.29, 1.82) is 0 Å². The number of rotatable bonds is 8. The molecule has 8 saturated carbocycles. The predicted molar refractivity (Wildman–Crippen MR) is 155 cm³/mol. The number of aliphatic hydroxyl groups excluding tert-OH is 3. The molecule has 0 spiro atoms. The third-order valence-electron chi connectivity index (χ3n) is 14.9. The van der Waals surface area contributed by atoms with E-state index >= 15 is 0 Å². The molecule has 11 atom stereocenters. The Labute approximate surface area is 247 Å². The van der Waals surface area contributed by atoms with Crippen molar-refractivity contribution in [3.63, 3.8) is 0 Å². The van der Waals surface area contributed by atoms with Crippen LogP contribution in [-0.4, -0.2) is 52.1 Å². The summed E-state index contributed by atoms with van der Waals surface area (Å²) in [6.07, 6.45) is 13.4. The second kappa shape index (κ2) is 10.8. The quantitative estimate of drug-likeness (QED) is 0.255. The van der Waals surface area contributed by atoms with E-state index in [2.05, 4.69) is 20.8 Å². The van der Waals surface area contributed by atoms with E-state index in [1.165, 1.54) is 32.1 Å². The first-order valence-corrected chi connectivity index (χ1v) is 17.4. The van der Waals surface area contributed by atoms with E-state index in [1.807, 2.05) is 0 Å². The SMILES string of the molecule is CC(CCC(=O)COOC1C2CC3CC(C2)CC1C3)C1CCC2C3C(O)CC4CC(O)CCC4(C)C3CC(O)C12C. The molecule has 0 radical (unpaired) electrons. The highest BCUT2D eigenvalue weighted by molar-refractivity contribution is 5.79. The molecule has 8 fully saturated rings. The number of carbonyl (C=O) groups is 1. The van der Waals surface area contributed by atoms with Gasteiger partial charge in [-0.2, -0.15) is 0 Å². The molecule has 0 saturated heterocycles. The van der Waals surface area contributed by atoms with Gasteiger partial charge in [0.25, 0.3) is 0 Å². The maximum Gasteiger partial charge on any atom is 0.161 e. The fourth-order valence-electron chi connectivity index (χ4n) is 13.0. The average Bonchev–Trinajstić information content (AvgIpc) is 3.28. The van der Waals surface area contributed by atoms with Crippen molar-refractivity contribution >= 4 is 5.78 Å². The van der Waals surface area contributed by atoms with Gasteiger partial charge in [-0.15, -0.1) is 0 Å². The van der Waals surface area contributed by atoms with Crippen molar-refractivity contribution in [2.24, 2.45) is 70.0 Å². The minimum atomic E-state index is -0.383. The molecular weight excluding hydrogens is 516 g/mol. The summed E-state index contributed by atoms with van der Waals surface area (Å²) in [5.74, 6) is 5.06. The molecule has 8 aliphatic carbocycles. The van der Waals surface area contributed by atoms with Gasteiger partial charge in [0, 0.05) is 6.42 Å². The van der Waals surface area contributed by atoms with E-state index in [0.717, 1.165) is 63.2 Å². The molecule has 8 aliphatic rings. The van der Waals surface area contributed by atoms with Gasteiger partial charge in [0.15, 0.2) is 5.78 Å². The zero-order chi connectivity index (χ0) is 28.7. The van der Waals surface area contributed by atoms with E-state index in [4.69, 9.17) is 9.78 Å². The summed E-state index contributed by atoms with van der Waals surface area (Å²) in [4.78, 5) is 24.4. The molecule has 6 nitrogen and oxygen atoms in total. The highest BCUT2D eigenvalue weighted by Crippen LogP contribution is 2.68. The van der Waals surface area contributed by atoms with Crippen LogP contribution in [0.25, 0.3) is 0 Å². The second-order valence-corrected chi connectivity index (χ2v) is 16.8. The van der Waals surface area contributed by atoms with E-state index in [9.17, 15) is 20.1 Å². The molecule has 232 valence electrons. The normalized spacial score (nSPS) is 54.3. The lowest BCUT2D eigenvalue weighted by molar-refractivity contribution is -0.353. The molecule has 8 rings (SSSR count). The molecule has 0 aliphatic heterocycles. The smallest absolute Gasteiger partial charge is 0.161 e. The first-order chi connectivity index (χ1) is 19.6. The fraction of sp³-hybridized carbons (Fsp3) is 0.971. The zero-order valence-corrected chi connectivity index (χ0v) is 25.8. The Bertz CT molecular complexity index is 956. The third kappa shape index (κ3) is 4.80. The van der Waals surface area contributed by atoms with Crippen LogP contribution in [-0.2, 0) is 14.6 Å². The van der Waals surface area contributed by atoms with Gasteiger partial charge >= 0.3 is 0 Å². The third-order valence-corrected chi connectivity index (χ3v) is 14.9. The Hall–Kier alpha value is -0.530. The van der Waals surface area contributed by atoms with Gasteiger partial charge in [-0.25, -0.2) is 9.78 Å². The lowest BCUT2D eigenvalue weighted by Gasteiger charge is -2.63. The number of hydrogen-bond donors (Lipinski definition) is 3. The largest absolute Gasteiger partial charge is 0.393 e. The topological polar surface area (TPSA) is 96.2 Å². The number of fused-ring (bicyclic) bond motifs is 5. The van der Waals surface area contributed by atoms with Crippen LogP contribution in [0, 0.1) is 70.0 Å². The van der Waals surface area contributed by atoms with E-state index in [1.54, 1.807) is 0 Å². The maximum atomic E-state index is 12.9. The summed E-state index contributed by atoms with van der Waals surface area (Å²) in [6, 6.07) is 0. The molecule has 6 heteroatoms. The summed E-state index contributed by atoms with van der Waals surface area (Å²) < 4.78 is 0. The van der Waals surface area contributed by atoms with Gasteiger partial charge in [0.1, 0.15) is 6.61 Å². The van der Waals surface area contributed by atoms with Crippen molar-refractivity contribution in [1.82, 2.24) is 0 Å². The highest BCUT2D eigenvalue weighted by atomic mass is 17.2. The van der Waals surface area contributed by atoms with Crippen molar-refractivity contribution in [3.8, 4) is 0 Å². The zero-order valence-electron chi connectivity index (χ0n) is 25.8. The Morgan fingerprint density at radius 1 is 0.878 bits per heavy atom. The Morgan fingerprint density at radius 3 is 2.29 bits per heavy atom. The van der Waals surface area contributed by atoms with Crippen LogP contribution in [0.5, 0.6) is 0 Å². The van der Waals surface area contributed by atoms with E-state index in [-0.39, 0.29) is 53.6 Å². The molecule has 0 aromatic heterocycles. The maximum absolute atomic E-state index is 12.9. The lowest BCUT2D eigenvalue weighted by Crippen LogP contribution is -2.62. The lowest BCUT2D eigenvalue weighted by atomic mass is 9.43. The van der Waals surface area contributed by atoms with Gasteiger partial charge < -0.3 is 15.3 Å². The summed E-state index contributed by atoms with van der Waals surface area (Å²) in [6.45, 7) is 7.00. The van der Waals surface area contributed by atoms with Crippen molar-refractivity contribution in [3.05, 3.63) is 0 Å². The minimum Gasteiger partial charge on any atom is -0.393 e. The number of aliphatic hydroxyl groups is 3. The summed E-state index contributed by atoms with van der Waals surface area (Å²) >= 11 is 0. The van der Waals surface area contributed by atoms with Gasteiger partial charge in [0.05, 0.1) is 24.4 Å². The predicted octanol–water partition coefficient (Wildman–Crippen LogP) is 5.71. The van der Waals surface area contributed by atoms with Crippen LogP contribution < -0.4 is 0 Å². The van der Waals surface area contributed by atoms with Gasteiger partial charge in [0.2, 0.25) is 0 Å². The minimum absolute atomic E-state index is 0.0487. The molecule has 3 N–H and O–H groups in total. The summed E-state index contributed by atoms with van der Waals surface area (Å²) in [5.41, 5.74) is -0.124. The van der Waals surface area contributed by atoms with Crippen LogP contribution >= 0.6 is 0 Å². The van der Waals surface area contributed by atoms with Crippen molar-refractivity contribution in [2.45, 2.75) is 135 Å². The first-order valence-electron chi connectivity index (χ1n) is 17.4. The second-order valence-electron chi connectivity index (χ2n) is 16.8. The molecule has 0 heterocycles. The first kappa shape index (κ1) is 29.2. The standard InChI is InChI=1S/C35H56O6/c1-19(4-5-26(37)18-40-41-33-22-11-20-10-21(13-22)14-23(33)12-20)27-6-7-28-32-29(17-31(39)35(27,28)3)34(2)9-8-25(36)15-24(34)16-30(32)38/h19-25,27-33,36,38-39H,4-18H2,1-3H3. The molecule has 0 amide bonds. The molecule has 41 heavy (non-hydrogen) atoms. The fourth-order valence-corrected chi connectivity index (χ4v) is 13.0. The Balaban J connectivity index is 0.938. The van der Waals surface area contributed by atoms with Gasteiger partial charge in [-0.1, -0.05) is 20.8 Å². The van der Waals surface area contributed by atoms with Crippen molar-refractivity contribution < 1.29 is 29.9 Å². The summed E-state index contributed by atoms with van der Waals surface area (Å²) in [7, 11) is 0. The number of Topliss-reactive ketones (excluding diaryl/α,β-unsaturated/α-hetero) is 1. The molecule has 4 bridgehead atoms. The number of ketones is 1. The Morgan fingerprint density at radius 2 is 1.59 bits per heavy atom. The average molecular weight is 573 g/mol. The molecule has 0 aromatic carbocycles. The number of hydrogen-bond acceptors (Lipinski definition) is 6. The van der Waals surface area contributed by atoms with Gasteiger partial charge in [-0.3, -0.25) is 4.79 Å². The molecule has 0 aromatic rings. The highest BCUT2D eigenvalue weighted by Gasteiger charge is 2.65.